The van der Waals surface area contributed by atoms with Gasteiger partial charge in [-0.2, -0.15) is 5.10 Å². The van der Waals surface area contributed by atoms with Gasteiger partial charge in [0.25, 0.3) is 5.91 Å². The number of aryl methyl sites for hydroxylation is 1. The normalized spacial score (nSPS) is 10.4. The smallest absolute Gasteiger partial charge is 0.263 e. The minimum Gasteiger partial charge on any atom is -0.493 e. The second-order valence-electron chi connectivity index (χ2n) is 6.28. The molecular formula is C21H22ClN3O5. The van der Waals surface area contributed by atoms with E-state index in [2.05, 4.69) is 15.5 Å². The number of hydrogen-bond donors (Lipinski definition) is 2. The fourth-order valence-corrected chi connectivity index (χ4v) is 3.15. The standard InChI is InChI=1S/C21H22ClN3O5/c1-12-19(13-8-16(27-2)20(29-4)17(9-13)28-3)21(25-24-12)23-18(26)11-30-15-7-5-6-14(22)10-15/h5-10H,11H2,1-4H3,(H2,23,24,25,26). The molecule has 0 spiro atoms. The molecule has 0 saturated heterocycles. The van der Waals surface area contributed by atoms with Crippen molar-refractivity contribution in [1.82, 2.24) is 10.2 Å². The molecule has 0 atom stereocenters. The van der Waals surface area contributed by atoms with Crippen molar-refractivity contribution in [3.8, 4) is 34.1 Å². The molecule has 0 saturated carbocycles. The van der Waals surface area contributed by atoms with Crippen LogP contribution in [-0.2, 0) is 4.79 Å². The third-order valence-corrected chi connectivity index (χ3v) is 4.56. The van der Waals surface area contributed by atoms with Crippen molar-refractivity contribution >= 4 is 23.3 Å². The number of ether oxygens (including phenoxy) is 4. The highest BCUT2D eigenvalue weighted by Gasteiger charge is 2.20. The number of benzene rings is 2. The van der Waals surface area contributed by atoms with Gasteiger partial charge in [-0.15, -0.1) is 0 Å². The topological polar surface area (TPSA) is 94.7 Å². The molecule has 9 heteroatoms. The van der Waals surface area contributed by atoms with Gasteiger partial charge in [-0.3, -0.25) is 9.89 Å². The van der Waals surface area contributed by atoms with Crippen LogP contribution in [0.25, 0.3) is 11.1 Å². The zero-order valence-electron chi connectivity index (χ0n) is 17.0. The summed E-state index contributed by atoms with van der Waals surface area (Å²) in [7, 11) is 4.62. The van der Waals surface area contributed by atoms with Crippen LogP contribution in [0.2, 0.25) is 5.02 Å². The van der Waals surface area contributed by atoms with Crippen molar-refractivity contribution in [1.29, 1.82) is 0 Å². The van der Waals surface area contributed by atoms with Crippen LogP contribution < -0.4 is 24.3 Å². The molecule has 158 valence electrons. The van der Waals surface area contributed by atoms with Crippen molar-refractivity contribution in [2.45, 2.75) is 6.92 Å². The van der Waals surface area contributed by atoms with Crippen LogP contribution in [0.15, 0.2) is 36.4 Å². The summed E-state index contributed by atoms with van der Waals surface area (Å²) in [6.45, 7) is 1.66. The predicted octanol–water partition coefficient (Wildman–Crippen LogP) is 4.08. The Bertz CT molecular complexity index is 1030. The minimum atomic E-state index is -0.366. The quantitative estimate of drug-likeness (QED) is 0.558. The highest BCUT2D eigenvalue weighted by molar-refractivity contribution is 6.30. The molecule has 0 aliphatic rings. The average Bonchev–Trinajstić information content (AvgIpc) is 3.11. The maximum Gasteiger partial charge on any atom is 0.263 e. The largest absolute Gasteiger partial charge is 0.493 e. The van der Waals surface area contributed by atoms with Crippen molar-refractivity contribution in [2.75, 3.05) is 33.3 Å². The van der Waals surface area contributed by atoms with Crippen molar-refractivity contribution in [3.05, 3.63) is 47.1 Å². The van der Waals surface area contributed by atoms with E-state index in [0.717, 1.165) is 11.3 Å². The molecule has 1 aromatic heterocycles. The van der Waals surface area contributed by atoms with Gasteiger partial charge in [-0.1, -0.05) is 17.7 Å². The van der Waals surface area contributed by atoms with Crippen LogP contribution in [0.3, 0.4) is 0 Å². The van der Waals surface area contributed by atoms with E-state index < -0.39 is 0 Å². The van der Waals surface area contributed by atoms with Gasteiger partial charge in [0.15, 0.2) is 23.9 Å². The first-order chi connectivity index (χ1) is 14.5. The number of aromatic amines is 1. The molecule has 30 heavy (non-hydrogen) atoms. The third-order valence-electron chi connectivity index (χ3n) is 4.32. The monoisotopic (exact) mass is 431 g/mol. The molecule has 0 aliphatic carbocycles. The first kappa shape index (κ1) is 21.3. The molecule has 0 aliphatic heterocycles. The van der Waals surface area contributed by atoms with Crippen LogP contribution in [-0.4, -0.2) is 44.0 Å². The summed E-state index contributed by atoms with van der Waals surface area (Å²) in [4.78, 5) is 12.4. The van der Waals surface area contributed by atoms with E-state index in [1.165, 1.54) is 7.11 Å². The molecular weight excluding hydrogens is 410 g/mol. The summed E-state index contributed by atoms with van der Waals surface area (Å²) >= 11 is 5.93. The highest BCUT2D eigenvalue weighted by Crippen LogP contribution is 2.43. The Labute approximate surface area is 179 Å². The van der Waals surface area contributed by atoms with E-state index in [9.17, 15) is 4.79 Å². The molecule has 3 aromatic rings. The molecule has 2 aromatic carbocycles. The summed E-state index contributed by atoms with van der Waals surface area (Å²) in [6.07, 6.45) is 0. The van der Waals surface area contributed by atoms with Crippen LogP contribution in [0.4, 0.5) is 5.82 Å². The fraction of sp³-hybridized carbons (Fsp3) is 0.238. The lowest BCUT2D eigenvalue weighted by Gasteiger charge is -2.15. The molecule has 3 rings (SSSR count). The number of H-pyrrole nitrogens is 1. The number of carbonyl (C=O) groups is 1. The Balaban J connectivity index is 1.84. The number of methoxy groups -OCH3 is 3. The molecule has 0 unspecified atom stereocenters. The summed E-state index contributed by atoms with van der Waals surface area (Å²) in [5.41, 5.74) is 2.20. The zero-order chi connectivity index (χ0) is 21.7. The van der Waals surface area contributed by atoms with E-state index >= 15 is 0 Å². The average molecular weight is 432 g/mol. The van der Waals surface area contributed by atoms with Crippen LogP contribution in [0, 0.1) is 6.92 Å². The van der Waals surface area contributed by atoms with Crippen LogP contribution >= 0.6 is 11.6 Å². The van der Waals surface area contributed by atoms with Gasteiger partial charge < -0.3 is 24.3 Å². The number of aromatic nitrogens is 2. The Hall–Kier alpha value is -3.39. The summed E-state index contributed by atoms with van der Waals surface area (Å²) in [5, 5.41) is 10.4. The number of nitrogens with one attached hydrogen (secondary N) is 2. The van der Waals surface area contributed by atoms with Gasteiger partial charge in [0.2, 0.25) is 5.75 Å². The van der Waals surface area contributed by atoms with E-state index in [4.69, 9.17) is 30.5 Å². The number of rotatable bonds is 8. The fourth-order valence-electron chi connectivity index (χ4n) is 2.97. The Morgan fingerprint density at radius 3 is 2.40 bits per heavy atom. The number of hydrogen-bond acceptors (Lipinski definition) is 6. The minimum absolute atomic E-state index is 0.194. The second kappa shape index (κ2) is 9.41. The molecule has 1 amide bonds. The van der Waals surface area contributed by atoms with Gasteiger partial charge in [-0.25, -0.2) is 0 Å². The van der Waals surface area contributed by atoms with Gasteiger partial charge in [0, 0.05) is 16.3 Å². The molecule has 1 heterocycles. The van der Waals surface area contributed by atoms with Crippen molar-refractivity contribution < 1.29 is 23.7 Å². The lowest BCUT2D eigenvalue weighted by molar-refractivity contribution is -0.118. The Morgan fingerprint density at radius 1 is 1.10 bits per heavy atom. The van der Waals surface area contributed by atoms with Gasteiger partial charge in [0.05, 0.1) is 21.3 Å². The lowest BCUT2D eigenvalue weighted by Crippen LogP contribution is -2.20. The van der Waals surface area contributed by atoms with Gasteiger partial charge in [0.1, 0.15) is 5.75 Å². The Kier molecular flexibility index (Phi) is 6.68. The molecule has 0 fully saturated rings. The van der Waals surface area contributed by atoms with E-state index in [1.807, 2.05) is 6.92 Å². The lowest BCUT2D eigenvalue weighted by atomic mass is 10.0. The number of carbonyl (C=O) groups excluding carboxylic acids is 1. The van der Waals surface area contributed by atoms with Crippen LogP contribution in [0.1, 0.15) is 5.69 Å². The van der Waals surface area contributed by atoms with Gasteiger partial charge in [-0.05, 0) is 42.8 Å². The number of anilines is 1. The number of nitrogens with zero attached hydrogens (tertiary/aromatic N) is 1. The van der Waals surface area contributed by atoms with Crippen LogP contribution in [0.5, 0.6) is 23.0 Å². The summed E-state index contributed by atoms with van der Waals surface area (Å²) in [5.74, 6) is 1.96. The molecule has 2 N–H and O–H groups in total. The molecule has 0 bridgehead atoms. The highest BCUT2D eigenvalue weighted by atomic mass is 35.5. The number of amides is 1. The molecule has 0 radical (unpaired) electrons. The zero-order valence-corrected chi connectivity index (χ0v) is 17.8. The van der Waals surface area contributed by atoms with Crippen molar-refractivity contribution in [2.24, 2.45) is 0 Å². The second-order valence-corrected chi connectivity index (χ2v) is 6.72. The summed E-state index contributed by atoms with van der Waals surface area (Å²) < 4.78 is 21.7. The summed E-state index contributed by atoms with van der Waals surface area (Å²) in [6, 6.07) is 10.4. The molecule has 8 nitrogen and oxygen atoms in total. The SMILES string of the molecule is COc1cc(-c2c(NC(=O)COc3cccc(Cl)c3)n[nH]c2C)cc(OC)c1OC. The van der Waals surface area contributed by atoms with Gasteiger partial charge >= 0.3 is 0 Å². The van der Waals surface area contributed by atoms with E-state index in [1.54, 1.807) is 50.6 Å². The maximum absolute atomic E-state index is 12.4. The maximum atomic E-state index is 12.4. The first-order valence-corrected chi connectivity index (χ1v) is 9.38. The Morgan fingerprint density at radius 2 is 1.80 bits per heavy atom. The third kappa shape index (κ3) is 4.60. The first-order valence-electron chi connectivity index (χ1n) is 9.00. The van der Waals surface area contributed by atoms with E-state index in [-0.39, 0.29) is 12.5 Å². The van der Waals surface area contributed by atoms with E-state index in [0.29, 0.717) is 39.4 Å². The van der Waals surface area contributed by atoms with Crippen molar-refractivity contribution in [3.63, 3.8) is 0 Å². The predicted molar refractivity (Wildman–Crippen MR) is 114 cm³/mol. The number of halogens is 1.